The quantitative estimate of drug-likeness (QED) is 0.612. The molecular weight excluding hydrogens is 399 g/mol. The van der Waals surface area contributed by atoms with Gasteiger partial charge < -0.3 is 10.2 Å². The smallest absolute Gasteiger partial charge is 0.371 e. The third-order valence-electron chi connectivity index (χ3n) is 5.32. The molecule has 4 nitrogen and oxygen atoms in total. The molecule has 4 rings (SSSR count). The number of amides is 1. The molecule has 2 heterocycles. The largest absolute Gasteiger partial charge is 0.416 e. The van der Waals surface area contributed by atoms with Crippen molar-refractivity contribution >= 4 is 38.9 Å². The van der Waals surface area contributed by atoms with E-state index in [0.29, 0.717) is 31.6 Å². The molecule has 1 amide bonds. The number of anilines is 2. The van der Waals surface area contributed by atoms with Crippen molar-refractivity contribution < 1.29 is 18.0 Å². The van der Waals surface area contributed by atoms with Crippen LogP contribution in [0.4, 0.5) is 24.5 Å². The van der Waals surface area contributed by atoms with Gasteiger partial charge in [0.25, 0.3) is 0 Å². The summed E-state index contributed by atoms with van der Waals surface area (Å²) >= 11 is 1.43. The number of fused-ring (bicyclic) bond motifs is 1. The number of rotatable bonds is 3. The monoisotopic (exact) mass is 419 g/mol. The first kappa shape index (κ1) is 19.7. The fourth-order valence-electron chi connectivity index (χ4n) is 3.66. The predicted octanol–water partition coefficient (Wildman–Crippen LogP) is 5.48. The summed E-state index contributed by atoms with van der Waals surface area (Å²) in [6.45, 7) is 3.03. The summed E-state index contributed by atoms with van der Waals surface area (Å²) in [6, 6.07) is 11.1. The van der Waals surface area contributed by atoms with Gasteiger partial charge in [-0.25, -0.2) is 0 Å². The molecule has 1 aliphatic heterocycles. The average Bonchev–Trinajstić information content (AvgIpc) is 3.08. The van der Waals surface area contributed by atoms with Crippen LogP contribution in [0, 0.1) is 12.8 Å². The molecule has 1 aliphatic rings. The third-order valence-corrected chi connectivity index (χ3v) is 6.24. The minimum Gasteiger partial charge on any atom is -0.371 e. The normalized spacial score (nSPS) is 15.7. The van der Waals surface area contributed by atoms with Crippen LogP contribution < -0.4 is 10.2 Å². The SMILES string of the molecule is Cc1nsc2ccc(NC(=O)C3CCN(c4cccc(C(F)(F)F)c4)CC3)cc12. The Morgan fingerprint density at radius 3 is 2.66 bits per heavy atom. The predicted molar refractivity (Wildman–Crippen MR) is 109 cm³/mol. The molecule has 1 N–H and O–H groups in total. The molecule has 0 atom stereocenters. The molecule has 2 aromatic carbocycles. The van der Waals surface area contributed by atoms with Crippen molar-refractivity contribution in [2.75, 3.05) is 23.3 Å². The molecule has 0 saturated carbocycles. The van der Waals surface area contributed by atoms with Crippen LogP contribution in [0.1, 0.15) is 24.1 Å². The summed E-state index contributed by atoms with van der Waals surface area (Å²) in [4.78, 5) is 14.6. The molecule has 0 radical (unpaired) electrons. The van der Waals surface area contributed by atoms with Gasteiger partial charge in [-0.15, -0.1) is 0 Å². The van der Waals surface area contributed by atoms with E-state index in [2.05, 4.69) is 9.69 Å². The second-order valence-electron chi connectivity index (χ2n) is 7.28. The van der Waals surface area contributed by atoms with Crippen molar-refractivity contribution in [3.05, 3.63) is 53.7 Å². The highest BCUT2D eigenvalue weighted by Crippen LogP contribution is 2.33. The summed E-state index contributed by atoms with van der Waals surface area (Å²) in [7, 11) is 0. The van der Waals surface area contributed by atoms with E-state index in [1.54, 1.807) is 6.07 Å². The van der Waals surface area contributed by atoms with Gasteiger partial charge in [0.2, 0.25) is 5.91 Å². The zero-order valence-corrected chi connectivity index (χ0v) is 16.6. The Morgan fingerprint density at radius 1 is 1.17 bits per heavy atom. The Bertz CT molecular complexity index is 1040. The van der Waals surface area contributed by atoms with Crippen LogP contribution in [0.15, 0.2) is 42.5 Å². The number of nitrogens with zero attached hydrogens (tertiary/aromatic N) is 2. The molecule has 0 unspecified atom stereocenters. The number of aromatic nitrogens is 1. The number of alkyl halides is 3. The van der Waals surface area contributed by atoms with E-state index in [1.807, 2.05) is 30.0 Å². The van der Waals surface area contributed by atoms with Gasteiger partial charge in [0.1, 0.15) is 0 Å². The lowest BCUT2D eigenvalue weighted by Crippen LogP contribution is -2.38. The number of carbonyl (C=O) groups excluding carboxylic acids is 1. The van der Waals surface area contributed by atoms with Gasteiger partial charge in [-0.05, 0) is 67.7 Å². The van der Waals surface area contributed by atoms with E-state index >= 15 is 0 Å². The van der Waals surface area contributed by atoms with Crippen LogP contribution in [0.3, 0.4) is 0 Å². The fourth-order valence-corrected chi connectivity index (χ4v) is 4.43. The molecule has 1 fully saturated rings. The maximum absolute atomic E-state index is 12.9. The Balaban J connectivity index is 1.39. The summed E-state index contributed by atoms with van der Waals surface area (Å²) < 4.78 is 44.2. The minimum absolute atomic E-state index is 0.0473. The summed E-state index contributed by atoms with van der Waals surface area (Å²) in [5, 5.41) is 4.01. The number of nitrogens with one attached hydrogen (secondary N) is 1. The maximum Gasteiger partial charge on any atom is 0.416 e. The first-order valence-electron chi connectivity index (χ1n) is 9.40. The minimum atomic E-state index is -4.36. The van der Waals surface area contributed by atoms with Gasteiger partial charge in [0.15, 0.2) is 0 Å². The van der Waals surface area contributed by atoms with Gasteiger partial charge in [-0.1, -0.05) is 6.07 Å². The molecule has 0 bridgehead atoms. The molecule has 152 valence electrons. The van der Waals surface area contributed by atoms with Crippen molar-refractivity contribution in [1.82, 2.24) is 4.37 Å². The van der Waals surface area contributed by atoms with Crippen molar-refractivity contribution in [3.8, 4) is 0 Å². The third kappa shape index (κ3) is 4.22. The molecule has 1 aromatic heterocycles. The number of hydrogen-bond donors (Lipinski definition) is 1. The first-order chi connectivity index (χ1) is 13.8. The molecule has 0 aliphatic carbocycles. The zero-order valence-electron chi connectivity index (χ0n) is 15.8. The maximum atomic E-state index is 12.9. The topological polar surface area (TPSA) is 45.2 Å². The number of hydrogen-bond acceptors (Lipinski definition) is 4. The molecule has 3 aromatic rings. The van der Waals surface area contributed by atoms with E-state index in [1.165, 1.54) is 23.7 Å². The zero-order chi connectivity index (χ0) is 20.6. The Labute approximate surface area is 170 Å². The van der Waals surface area contributed by atoms with Crippen molar-refractivity contribution in [3.63, 3.8) is 0 Å². The van der Waals surface area contributed by atoms with Crippen molar-refractivity contribution in [1.29, 1.82) is 0 Å². The van der Waals surface area contributed by atoms with E-state index < -0.39 is 11.7 Å². The van der Waals surface area contributed by atoms with Crippen LogP contribution in [0.5, 0.6) is 0 Å². The highest BCUT2D eigenvalue weighted by Gasteiger charge is 2.31. The van der Waals surface area contributed by atoms with Crippen LogP contribution >= 0.6 is 11.5 Å². The Morgan fingerprint density at radius 2 is 1.93 bits per heavy atom. The molecule has 29 heavy (non-hydrogen) atoms. The van der Waals surface area contributed by atoms with E-state index in [4.69, 9.17) is 0 Å². The standard InChI is InChI=1S/C21H20F3N3OS/c1-13-18-12-16(5-6-19(18)29-26-13)25-20(28)14-7-9-27(10-8-14)17-4-2-3-15(11-17)21(22,23)24/h2-6,11-12,14H,7-10H2,1H3,(H,25,28). The lowest BCUT2D eigenvalue weighted by molar-refractivity contribution is -0.137. The summed E-state index contributed by atoms with van der Waals surface area (Å²) in [5.74, 6) is -0.205. The molecular formula is C21H20F3N3OS. The Hall–Kier alpha value is -2.61. The van der Waals surface area contributed by atoms with Crippen LogP contribution in [0.25, 0.3) is 10.1 Å². The second kappa shape index (κ2) is 7.67. The molecule has 1 saturated heterocycles. The number of halogens is 3. The molecule has 0 spiro atoms. The molecule has 8 heteroatoms. The van der Waals surface area contributed by atoms with Crippen LogP contribution in [-0.2, 0) is 11.0 Å². The average molecular weight is 419 g/mol. The van der Waals surface area contributed by atoms with E-state index in [0.717, 1.165) is 27.5 Å². The number of aryl methyl sites for hydroxylation is 1. The van der Waals surface area contributed by atoms with Crippen LogP contribution in [0.2, 0.25) is 0 Å². The lowest BCUT2D eigenvalue weighted by Gasteiger charge is -2.33. The lowest BCUT2D eigenvalue weighted by atomic mass is 9.95. The number of carbonyl (C=O) groups is 1. The summed E-state index contributed by atoms with van der Waals surface area (Å²) in [5.41, 5.74) is 1.58. The first-order valence-corrected chi connectivity index (χ1v) is 10.2. The second-order valence-corrected chi connectivity index (χ2v) is 8.08. The highest BCUT2D eigenvalue weighted by atomic mass is 32.1. The van der Waals surface area contributed by atoms with Gasteiger partial charge in [-0.3, -0.25) is 4.79 Å². The Kier molecular flexibility index (Phi) is 5.21. The summed E-state index contributed by atoms with van der Waals surface area (Å²) in [6.07, 6.45) is -3.15. The van der Waals surface area contributed by atoms with E-state index in [-0.39, 0.29) is 11.8 Å². The van der Waals surface area contributed by atoms with Crippen molar-refractivity contribution in [2.24, 2.45) is 5.92 Å². The number of benzene rings is 2. The van der Waals surface area contributed by atoms with E-state index in [9.17, 15) is 18.0 Å². The fraction of sp³-hybridized carbons (Fsp3) is 0.333. The highest BCUT2D eigenvalue weighted by molar-refractivity contribution is 7.13. The van der Waals surface area contributed by atoms with Crippen molar-refractivity contribution in [2.45, 2.75) is 25.9 Å². The van der Waals surface area contributed by atoms with Gasteiger partial charge in [-0.2, -0.15) is 17.5 Å². The van der Waals surface area contributed by atoms with Gasteiger partial charge in [0, 0.05) is 35.8 Å². The van der Waals surface area contributed by atoms with Gasteiger partial charge in [0.05, 0.1) is 16.0 Å². The van der Waals surface area contributed by atoms with Crippen LogP contribution in [-0.4, -0.2) is 23.4 Å². The van der Waals surface area contributed by atoms with Gasteiger partial charge >= 0.3 is 6.18 Å². The number of piperidine rings is 1.